The lowest BCUT2D eigenvalue weighted by Gasteiger charge is -2.24. The lowest BCUT2D eigenvalue weighted by atomic mass is 10.1. The first kappa shape index (κ1) is 12.8. The van der Waals surface area contributed by atoms with Gasteiger partial charge in [-0.05, 0) is 39.3 Å². The number of likely N-dealkylation sites (tertiary alicyclic amines) is 1. The molecule has 5 heteroatoms. The molecule has 17 heavy (non-hydrogen) atoms. The number of ether oxygens (including phenoxy) is 1. The third kappa shape index (κ3) is 3.66. The molecule has 1 unspecified atom stereocenters. The molecule has 0 aliphatic carbocycles. The van der Waals surface area contributed by atoms with Gasteiger partial charge < -0.3 is 20.1 Å². The average Bonchev–Trinajstić information content (AvgIpc) is 2.68. The van der Waals surface area contributed by atoms with Crippen LogP contribution in [0, 0.1) is 0 Å². The molecule has 0 aromatic carbocycles. The van der Waals surface area contributed by atoms with Crippen molar-refractivity contribution in [3.05, 3.63) is 0 Å². The molecule has 2 heterocycles. The average molecular weight is 242 g/mol. The molecule has 1 atom stereocenters. The number of aliphatic hydroxyl groups is 1. The summed E-state index contributed by atoms with van der Waals surface area (Å²) in [7, 11) is 0. The van der Waals surface area contributed by atoms with Gasteiger partial charge in [0.25, 0.3) is 0 Å². The number of carbonyl (C=O) groups excluding carboxylic acids is 1. The largest absolute Gasteiger partial charge is 0.388 e. The summed E-state index contributed by atoms with van der Waals surface area (Å²) in [6.45, 7) is 4.94. The lowest BCUT2D eigenvalue weighted by molar-refractivity contribution is -0.138. The van der Waals surface area contributed by atoms with E-state index in [0.29, 0.717) is 19.5 Å². The minimum atomic E-state index is -0.718. The van der Waals surface area contributed by atoms with Gasteiger partial charge in [-0.15, -0.1) is 0 Å². The summed E-state index contributed by atoms with van der Waals surface area (Å²) >= 11 is 0. The molecular formula is C12H22N2O3. The van der Waals surface area contributed by atoms with Crippen LogP contribution < -0.4 is 5.32 Å². The van der Waals surface area contributed by atoms with Crippen LogP contribution in [0.25, 0.3) is 0 Å². The molecule has 2 aliphatic heterocycles. The maximum Gasteiger partial charge on any atom is 0.248 e. The summed E-state index contributed by atoms with van der Waals surface area (Å²) in [6, 6.07) is 0. The standard InChI is InChI=1S/C12H22N2O3/c1-12(16)4-7-14(9-12)11(15)8-17-10-2-5-13-6-3-10/h10,13,16H,2-9H2,1H3. The number of piperidine rings is 1. The highest BCUT2D eigenvalue weighted by Crippen LogP contribution is 2.20. The molecule has 0 spiro atoms. The van der Waals surface area contributed by atoms with E-state index in [2.05, 4.69) is 5.32 Å². The highest BCUT2D eigenvalue weighted by molar-refractivity contribution is 5.77. The van der Waals surface area contributed by atoms with E-state index < -0.39 is 5.60 Å². The molecule has 0 bridgehead atoms. The Morgan fingerprint density at radius 1 is 1.53 bits per heavy atom. The van der Waals surface area contributed by atoms with Crippen molar-refractivity contribution in [1.82, 2.24) is 10.2 Å². The van der Waals surface area contributed by atoms with Gasteiger partial charge in [0.05, 0.1) is 11.7 Å². The molecule has 2 saturated heterocycles. The number of β-amino-alcohol motifs (C(OH)–C–C–N with tert-alkyl or cyclic N) is 1. The van der Waals surface area contributed by atoms with Crippen LogP contribution in [0.2, 0.25) is 0 Å². The first-order chi connectivity index (χ1) is 8.07. The Balaban J connectivity index is 1.70. The molecule has 1 amide bonds. The summed E-state index contributed by atoms with van der Waals surface area (Å²) in [4.78, 5) is 13.5. The quantitative estimate of drug-likeness (QED) is 0.716. The van der Waals surface area contributed by atoms with Crippen LogP contribution in [-0.2, 0) is 9.53 Å². The normalized spacial score (nSPS) is 30.8. The number of nitrogens with one attached hydrogen (secondary N) is 1. The van der Waals surface area contributed by atoms with Gasteiger partial charge in [-0.1, -0.05) is 0 Å². The van der Waals surface area contributed by atoms with Crippen molar-refractivity contribution >= 4 is 5.91 Å². The van der Waals surface area contributed by atoms with Crippen molar-refractivity contribution in [2.45, 2.75) is 37.9 Å². The van der Waals surface area contributed by atoms with E-state index in [1.807, 2.05) is 0 Å². The molecule has 2 aliphatic rings. The number of carbonyl (C=O) groups is 1. The summed E-state index contributed by atoms with van der Waals surface area (Å²) in [5.74, 6) is 0.00121. The zero-order valence-corrected chi connectivity index (χ0v) is 10.4. The molecule has 2 N–H and O–H groups in total. The summed E-state index contributed by atoms with van der Waals surface area (Å²) < 4.78 is 5.61. The van der Waals surface area contributed by atoms with Gasteiger partial charge in [0.1, 0.15) is 6.61 Å². The SMILES string of the molecule is CC1(O)CCN(C(=O)COC2CCNCC2)C1. The maximum atomic E-state index is 11.8. The zero-order chi connectivity index (χ0) is 12.3. The van der Waals surface area contributed by atoms with Gasteiger partial charge >= 0.3 is 0 Å². The Bertz CT molecular complexity index is 275. The first-order valence-electron chi connectivity index (χ1n) is 6.39. The summed E-state index contributed by atoms with van der Waals surface area (Å²) in [5.41, 5.74) is -0.718. The molecule has 98 valence electrons. The summed E-state index contributed by atoms with van der Waals surface area (Å²) in [6.07, 6.45) is 2.82. The lowest BCUT2D eigenvalue weighted by Crippen LogP contribution is -2.38. The molecule has 5 nitrogen and oxygen atoms in total. The Morgan fingerprint density at radius 2 is 2.24 bits per heavy atom. The Morgan fingerprint density at radius 3 is 2.82 bits per heavy atom. The van der Waals surface area contributed by atoms with Gasteiger partial charge in [-0.25, -0.2) is 0 Å². The van der Waals surface area contributed by atoms with Gasteiger partial charge in [0.15, 0.2) is 0 Å². The van der Waals surface area contributed by atoms with Crippen LogP contribution in [0.1, 0.15) is 26.2 Å². The van der Waals surface area contributed by atoms with Crippen molar-refractivity contribution < 1.29 is 14.6 Å². The number of hydrogen-bond acceptors (Lipinski definition) is 4. The second kappa shape index (κ2) is 5.33. The molecular weight excluding hydrogens is 220 g/mol. The van der Waals surface area contributed by atoms with Gasteiger partial charge in [-0.2, -0.15) is 0 Å². The first-order valence-corrected chi connectivity index (χ1v) is 6.39. The van der Waals surface area contributed by atoms with Crippen molar-refractivity contribution in [3.8, 4) is 0 Å². The summed E-state index contributed by atoms with van der Waals surface area (Å²) in [5, 5.41) is 13.0. The number of hydrogen-bond donors (Lipinski definition) is 2. The van der Waals surface area contributed by atoms with Crippen LogP contribution in [0.5, 0.6) is 0 Å². The Labute approximate surface area is 102 Å². The monoisotopic (exact) mass is 242 g/mol. The van der Waals surface area contributed by atoms with Crippen molar-refractivity contribution in [2.75, 3.05) is 32.8 Å². The predicted octanol–water partition coefficient (Wildman–Crippen LogP) is -0.262. The molecule has 0 aromatic rings. The fourth-order valence-electron chi connectivity index (χ4n) is 2.40. The smallest absolute Gasteiger partial charge is 0.248 e. The van der Waals surface area contributed by atoms with E-state index in [4.69, 9.17) is 4.74 Å². The van der Waals surface area contributed by atoms with Crippen molar-refractivity contribution in [3.63, 3.8) is 0 Å². The minimum absolute atomic E-state index is 0.00121. The molecule has 0 radical (unpaired) electrons. The second-order valence-electron chi connectivity index (χ2n) is 5.32. The van der Waals surface area contributed by atoms with E-state index in [1.165, 1.54) is 0 Å². The number of nitrogens with zero attached hydrogens (tertiary/aromatic N) is 1. The van der Waals surface area contributed by atoms with E-state index in [1.54, 1.807) is 11.8 Å². The van der Waals surface area contributed by atoms with Crippen LogP contribution in [0.4, 0.5) is 0 Å². The fourth-order valence-corrected chi connectivity index (χ4v) is 2.40. The van der Waals surface area contributed by atoms with E-state index in [9.17, 15) is 9.90 Å². The van der Waals surface area contributed by atoms with Gasteiger partial charge in [0, 0.05) is 13.1 Å². The molecule has 2 fully saturated rings. The second-order valence-corrected chi connectivity index (χ2v) is 5.32. The highest BCUT2D eigenvalue weighted by Gasteiger charge is 2.34. The Hall–Kier alpha value is -0.650. The predicted molar refractivity (Wildman–Crippen MR) is 63.7 cm³/mol. The van der Waals surface area contributed by atoms with Gasteiger partial charge in [-0.3, -0.25) is 4.79 Å². The van der Waals surface area contributed by atoms with Crippen LogP contribution in [0.15, 0.2) is 0 Å². The molecule has 0 aromatic heterocycles. The fraction of sp³-hybridized carbons (Fsp3) is 0.917. The van der Waals surface area contributed by atoms with Crippen LogP contribution in [0.3, 0.4) is 0 Å². The maximum absolute atomic E-state index is 11.8. The zero-order valence-electron chi connectivity index (χ0n) is 10.4. The van der Waals surface area contributed by atoms with Crippen molar-refractivity contribution in [1.29, 1.82) is 0 Å². The molecule has 2 rings (SSSR count). The number of rotatable bonds is 3. The highest BCUT2D eigenvalue weighted by atomic mass is 16.5. The Kier molecular flexibility index (Phi) is 4.01. The van der Waals surface area contributed by atoms with E-state index in [-0.39, 0.29) is 18.6 Å². The molecule has 0 saturated carbocycles. The third-order valence-corrected chi connectivity index (χ3v) is 3.53. The van der Waals surface area contributed by atoms with E-state index in [0.717, 1.165) is 25.9 Å². The topological polar surface area (TPSA) is 61.8 Å². The van der Waals surface area contributed by atoms with Crippen molar-refractivity contribution in [2.24, 2.45) is 0 Å². The minimum Gasteiger partial charge on any atom is -0.388 e. The van der Waals surface area contributed by atoms with Crippen LogP contribution >= 0.6 is 0 Å². The van der Waals surface area contributed by atoms with Gasteiger partial charge in [0.2, 0.25) is 5.91 Å². The van der Waals surface area contributed by atoms with Crippen LogP contribution in [-0.4, -0.2) is 60.4 Å². The van der Waals surface area contributed by atoms with E-state index >= 15 is 0 Å². The number of amides is 1. The third-order valence-electron chi connectivity index (χ3n) is 3.53.